The number of aromatic nitrogens is 2. The maximum absolute atomic E-state index is 11.8. The van der Waals surface area contributed by atoms with Crippen LogP contribution >= 0.6 is 0 Å². The molecule has 23 heavy (non-hydrogen) atoms. The first-order valence-electron chi connectivity index (χ1n) is 7.89. The minimum absolute atomic E-state index is 0.113. The lowest BCUT2D eigenvalue weighted by Crippen LogP contribution is -2.70. The summed E-state index contributed by atoms with van der Waals surface area (Å²) in [7, 11) is 0. The summed E-state index contributed by atoms with van der Waals surface area (Å²) in [5.74, 6) is 1.77. The summed E-state index contributed by atoms with van der Waals surface area (Å²) < 4.78 is 0. The van der Waals surface area contributed by atoms with E-state index in [1.807, 2.05) is 36.4 Å². The van der Waals surface area contributed by atoms with E-state index in [-0.39, 0.29) is 11.4 Å². The van der Waals surface area contributed by atoms with Gasteiger partial charge in [0.2, 0.25) is 5.91 Å². The van der Waals surface area contributed by atoms with Crippen molar-refractivity contribution in [3.05, 3.63) is 42.6 Å². The Morgan fingerprint density at radius 3 is 2.74 bits per heavy atom. The molecule has 2 aliphatic heterocycles. The van der Waals surface area contributed by atoms with Gasteiger partial charge in [0, 0.05) is 44.4 Å². The molecule has 1 aromatic heterocycles. The fourth-order valence-corrected chi connectivity index (χ4v) is 3.28. The molecule has 4 rings (SSSR count). The zero-order valence-electron chi connectivity index (χ0n) is 12.8. The van der Waals surface area contributed by atoms with E-state index in [2.05, 4.69) is 25.5 Å². The Bertz CT molecular complexity index is 712. The molecule has 1 amide bonds. The van der Waals surface area contributed by atoms with E-state index in [0.717, 1.165) is 36.8 Å². The lowest BCUT2D eigenvalue weighted by atomic mass is 9.86. The standard InChI is InChI=1S/C17H19N5O/c23-15-10-17(20-9-8-18-15)11-22(12-17)14-6-7-19-16(21-14)13-4-2-1-3-5-13/h1-7,20H,8-12H2,(H,18,23). The van der Waals surface area contributed by atoms with Gasteiger partial charge in [-0.25, -0.2) is 9.97 Å². The van der Waals surface area contributed by atoms with Crippen LogP contribution in [-0.4, -0.2) is 47.6 Å². The van der Waals surface area contributed by atoms with E-state index >= 15 is 0 Å². The maximum Gasteiger partial charge on any atom is 0.222 e. The van der Waals surface area contributed by atoms with Crippen LogP contribution < -0.4 is 15.5 Å². The molecule has 0 atom stereocenters. The third-order valence-electron chi connectivity index (χ3n) is 4.43. The van der Waals surface area contributed by atoms with Gasteiger partial charge < -0.3 is 15.5 Å². The minimum Gasteiger partial charge on any atom is -0.355 e. The van der Waals surface area contributed by atoms with Gasteiger partial charge in [-0.3, -0.25) is 4.79 Å². The van der Waals surface area contributed by atoms with Crippen molar-refractivity contribution in [3.8, 4) is 11.4 Å². The molecule has 1 spiro atoms. The fraction of sp³-hybridized carbons (Fsp3) is 0.353. The summed E-state index contributed by atoms with van der Waals surface area (Å²) in [4.78, 5) is 23.0. The fourth-order valence-electron chi connectivity index (χ4n) is 3.28. The number of hydrogen-bond acceptors (Lipinski definition) is 5. The van der Waals surface area contributed by atoms with Gasteiger partial charge in [0.15, 0.2) is 5.82 Å². The second-order valence-corrected chi connectivity index (χ2v) is 6.19. The molecule has 2 N–H and O–H groups in total. The molecule has 3 heterocycles. The number of anilines is 1. The minimum atomic E-state index is -0.113. The van der Waals surface area contributed by atoms with Crippen molar-refractivity contribution in [3.63, 3.8) is 0 Å². The van der Waals surface area contributed by atoms with Gasteiger partial charge in [0.25, 0.3) is 0 Å². The SMILES string of the molecule is O=C1CC2(CN(c3ccnc(-c4ccccc4)n3)C2)NCCN1. The summed E-state index contributed by atoms with van der Waals surface area (Å²) in [5.41, 5.74) is 0.898. The van der Waals surface area contributed by atoms with Crippen molar-refractivity contribution >= 4 is 11.7 Å². The first-order valence-corrected chi connectivity index (χ1v) is 7.89. The monoisotopic (exact) mass is 309 g/mol. The van der Waals surface area contributed by atoms with Gasteiger partial charge in [-0.05, 0) is 6.07 Å². The second-order valence-electron chi connectivity index (χ2n) is 6.19. The zero-order valence-corrected chi connectivity index (χ0v) is 12.8. The molecule has 0 bridgehead atoms. The van der Waals surface area contributed by atoms with E-state index in [0.29, 0.717) is 13.0 Å². The quantitative estimate of drug-likeness (QED) is 0.859. The average Bonchev–Trinajstić information content (AvgIpc) is 2.76. The predicted molar refractivity (Wildman–Crippen MR) is 88.0 cm³/mol. The molecule has 6 nitrogen and oxygen atoms in total. The van der Waals surface area contributed by atoms with Crippen molar-refractivity contribution in [2.45, 2.75) is 12.0 Å². The van der Waals surface area contributed by atoms with E-state index < -0.39 is 0 Å². The highest BCUT2D eigenvalue weighted by Gasteiger charge is 2.45. The molecule has 0 saturated carbocycles. The van der Waals surface area contributed by atoms with Crippen LogP contribution in [0.2, 0.25) is 0 Å². The van der Waals surface area contributed by atoms with Crippen LogP contribution in [0.3, 0.4) is 0 Å². The molecular formula is C17H19N5O. The first-order chi connectivity index (χ1) is 11.2. The Morgan fingerprint density at radius 1 is 1.09 bits per heavy atom. The van der Waals surface area contributed by atoms with Crippen molar-refractivity contribution in [2.75, 3.05) is 31.1 Å². The zero-order chi connectivity index (χ0) is 15.7. The molecule has 2 fully saturated rings. The van der Waals surface area contributed by atoms with Crippen LogP contribution in [0.5, 0.6) is 0 Å². The summed E-state index contributed by atoms with van der Waals surface area (Å²) in [6, 6.07) is 11.9. The summed E-state index contributed by atoms with van der Waals surface area (Å²) in [6.45, 7) is 3.11. The van der Waals surface area contributed by atoms with Crippen LogP contribution in [-0.2, 0) is 4.79 Å². The van der Waals surface area contributed by atoms with Gasteiger partial charge in [-0.15, -0.1) is 0 Å². The molecule has 2 saturated heterocycles. The lowest BCUT2D eigenvalue weighted by molar-refractivity contribution is -0.122. The molecule has 0 unspecified atom stereocenters. The number of benzene rings is 1. The molecule has 1 aromatic carbocycles. The van der Waals surface area contributed by atoms with Crippen molar-refractivity contribution in [1.82, 2.24) is 20.6 Å². The Labute approximate surface area is 134 Å². The number of nitrogens with one attached hydrogen (secondary N) is 2. The first kappa shape index (κ1) is 14.1. The predicted octanol–water partition coefficient (Wildman–Crippen LogP) is 0.812. The van der Waals surface area contributed by atoms with Crippen LogP contribution in [0, 0.1) is 0 Å². The average molecular weight is 309 g/mol. The number of hydrogen-bond donors (Lipinski definition) is 2. The van der Waals surface area contributed by atoms with Crippen molar-refractivity contribution in [1.29, 1.82) is 0 Å². The third kappa shape index (κ3) is 2.77. The number of amides is 1. The van der Waals surface area contributed by atoms with Gasteiger partial charge in [0.05, 0.1) is 5.54 Å². The molecule has 2 aliphatic rings. The summed E-state index contributed by atoms with van der Waals surface area (Å²) in [6.07, 6.45) is 2.32. The number of carbonyl (C=O) groups excluding carboxylic acids is 1. The van der Waals surface area contributed by atoms with Crippen molar-refractivity contribution in [2.24, 2.45) is 0 Å². The molecule has 6 heteroatoms. The molecule has 0 radical (unpaired) electrons. The largest absolute Gasteiger partial charge is 0.355 e. The highest BCUT2D eigenvalue weighted by Crippen LogP contribution is 2.30. The van der Waals surface area contributed by atoms with Crippen LogP contribution in [0.25, 0.3) is 11.4 Å². The van der Waals surface area contributed by atoms with Gasteiger partial charge in [0.1, 0.15) is 5.82 Å². The molecule has 118 valence electrons. The van der Waals surface area contributed by atoms with Crippen molar-refractivity contribution < 1.29 is 4.79 Å². The van der Waals surface area contributed by atoms with Gasteiger partial charge in [-0.1, -0.05) is 30.3 Å². The Kier molecular flexibility index (Phi) is 3.46. The number of carbonyl (C=O) groups is 1. The Morgan fingerprint density at radius 2 is 1.91 bits per heavy atom. The normalized spacial score (nSPS) is 19.8. The second kappa shape index (κ2) is 5.62. The van der Waals surface area contributed by atoms with E-state index in [1.165, 1.54) is 0 Å². The maximum atomic E-state index is 11.8. The third-order valence-corrected chi connectivity index (χ3v) is 4.43. The summed E-state index contributed by atoms with van der Waals surface area (Å²) >= 11 is 0. The van der Waals surface area contributed by atoms with Gasteiger partial charge >= 0.3 is 0 Å². The van der Waals surface area contributed by atoms with Crippen LogP contribution in [0.1, 0.15) is 6.42 Å². The lowest BCUT2D eigenvalue weighted by Gasteiger charge is -2.50. The van der Waals surface area contributed by atoms with E-state index in [4.69, 9.17) is 0 Å². The van der Waals surface area contributed by atoms with Crippen LogP contribution in [0.4, 0.5) is 5.82 Å². The van der Waals surface area contributed by atoms with Gasteiger partial charge in [-0.2, -0.15) is 0 Å². The molecular weight excluding hydrogens is 290 g/mol. The molecule has 0 aliphatic carbocycles. The van der Waals surface area contributed by atoms with Crippen LogP contribution in [0.15, 0.2) is 42.6 Å². The van der Waals surface area contributed by atoms with E-state index in [9.17, 15) is 4.79 Å². The highest BCUT2D eigenvalue weighted by atomic mass is 16.1. The topological polar surface area (TPSA) is 70.2 Å². The smallest absolute Gasteiger partial charge is 0.222 e. The van der Waals surface area contributed by atoms with E-state index in [1.54, 1.807) is 6.20 Å². The number of rotatable bonds is 2. The Hall–Kier alpha value is -2.47. The highest BCUT2D eigenvalue weighted by molar-refractivity contribution is 5.78. The summed E-state index contributed by atoms with van der Waals surface area (Å²) in [5, 5.41) is 6.41. The Balaban J connectivity index is 1.51. The molecule has 2 aromatic rings. The number of nitrogens with zero attached hydrogens (tertiary/aromatic N) is 3.